The van der Waals surface area contributed by atoms with Gasteiger partial charge in [0, 0.05) is 21.7 Å². The molecular weight excluding hydrogens is 302 g/mol. The van der Waals surface area contributed by atoms with Gasteiger partial charge in [0.25, 0.3) is 0 Å². The molecule has 5 aromatic rings. The Bertz CT molecular complexity index is 1180. The number of pyridine rings is 3. The molecule has 0 saturated heterocycles. The number of aromatic nitrogens is 3. The quantitative estimate of drug-likeness (QED) is 0.434. The Kier molecular flexibility index (Phi) is 2.66. The summed E-state index contributed by atoms with van der Waals surface area (Å²) in [6.07, 6.45) is 1.78. The van der Waals surface area contributed by atoms with Crippen LogP contribution in [0.5, 0.6) is 0 Å². The van der Waals surface area contributed by atoms with Crippen molar-refractivity contribution in [3.05, 3.63) is 66.9 Å². The minimum absolute atomic E-state index is 0.879. The van der Waals surface area contributed by atoms with Gasteiger partial charge in [-0.2, -0.15) is 0 Å². The number of thiophene rings is 1. The number of rotatable bonds is 1. The molecule has 0 spiro atoms. The van der Waals surface area contributed by atoms with Crippen molar-refractivity contribution in [1.82, 2.24) is 15.0 Å². The molecule has 0 aliphatic heterocycles. The molecule has 0 atom stereocenters. The lowest BCUT2D eigenvalue weighted by atomic mass is 10.1. The molecule has 0 N–H and O–H groups in total. The lowest BCUT2D eigenvalue weighted by molar-refractivity contribution is 1.30. The molecule has 3 nitrogen and oxygen atoms in total. The zero-order valence-electron chi connectivity index (χ0n) is 12.1. The molecule has 0 aliphatic carbocycles. The van der Waals surface area contributed by atoms with E-state index in [9.17, 15) is 0 Å². The van der Waals surface area contributed by atoms with Gasteiger partial charge in [-0.15, -0.1) is 11.3 Å². The molecule has 23 heavy (non-hydrogen) atoms. The average Bonchev–Trinajstić information content (AvgIpc) is 2.99. The van der Waals surface area contributed by atoms with Crippen LogP contribution in [-0.4, -0.2) is 15.0 Å². The summed E-state index contributed by atoms with van der Waals surface area (Å²) in [5, 5.41) is 2.47. The van der Waals surface area contributed by atoms with Crippen LogP contribution in [0, 0.1) is 0 Å². The van der Waals surface area contributed by atoms with Gasteiger partial charge in [-0.25, -0.2) is 9.97 Å². The summed E-state index contributed by atoms with van der Waals surface area (Å²) in [7, 11) is 0. The molecule has 0 aliphatic rings. The van der Waals surface area contributed by atoms with Gasteiger partial charge in [-0.3, -0.25) is 4.98 Å². The molecule has 0 bridgehead atoms. The van der Waals surface area contributed by atoms with Gasteiger partial charge in [-0.1, -0.05) is 18.2 Å². The van der Waals surface area contributed by atoms with Crippen LogP contribution in [0.25, 0.3) is 42.7 Å². The van der Waals surface area contributed by atoms with Crippen LogP contribution in [0.1, 0.15) is 0 Å². The van der Waals surface area contributed by atoms with Crippen LogP contribution in [0.3, 0.4) is 0 Å². The zero-order valence-corrected chi connectivity index (χ0v) is 12.9. The van der Waals surface area contributed by atoms with Crippen molar-refractivity contribution in [1.29, 1.82) is 0 Å². The first-order valence-electron chi connectivity index (χ1n) is 7.39. The Morgan fingerprint density at radius 1 is 0.652 bits per heavy atom. The maximum atomic E-state index is 4.83. The largest absolute Gasteiger partial charge is 0.255 e. The van der Waals surface area contributed by atoms with Gasteiger partial charge in [-0.05, 0) is 42.5 Å². The summed E-state index contributed by atoms with van der Waals surface area (Å²) in [4.78, 5) is 14.9. The van der Waals surface area contributed by atoms with E-state index >= 15 is 0 Å². The first kappa shape index (κ1) is 12.7. The third-order valence-corrected chi connectivity index (χ3v) is 5.04. The molecule has 0 amide bonds. The smallest absolute Gasteiger partial charge is 0.125 e. The van der Waals surface area contributed by atoms with E-state index in [1.807, 2.05) is 30.3 Å². The van der Waals surface area contributed by atoms with Crippen LogP contribution in [0.15, 0.2) is 66.9 Å². The normalized spacial score (nSPS) is 11.5. The van der Waals surface area contributed by atoms with Crippen LogP contribution in [0.2, 0.25) is 0 Å². The highest BCUT2D eigenvalue weighted by atomic mass is 32.1. The molecule has 0 unspecified atom stereocenters. The molecule has 1 aromatic carbocycles. The maximum Gasteiger partial charge on any atom is 0.125 e. The fourth-order valence-electron chi connectivity index (χ4n) is 2.85. The van der Waals surface area contributed by atoms with Crippen LogP contribution in [0.4, 0.5) is 0 Å². The number of benzene rings is 1. The molecule has 0 fully saturated rings. The number of hydrogen-bond donors (Lipinski definition) is 0. The molecule has 4 heterocycles. The Hall–Kier alpha value is -2.85. The number of fused-ring (bicyclic) bond motifs is 4. The molecule has 5 rings (SSSR count). The number of nitrogens with zero attached hydrogens (tertiary/aromatic N) is 3. The summed E-state index contributed by atoms with van der Waals surface area (Å²) in [5.74, 6) is 0. The molecule has 108 valence electrons. The lowest BCUT2D eigenvalue weighted by Crippen LogP contribution is -1.89. The standard InChI is InChI=1S/C19H11N3S/c1-2-6-18-12(4-1)13-7-8-17(22-19(13)23-18)16-10-9-14-15(21-16)5-3-11-20-14/h1-11H. The zero-order chi connectivity index (χ0) is 15.2. The van der Waals surface area contributed by atoms with E-state index < -0.39 is 0 Å². The average molecular weight is 313 g/mol. The minimum Gasteiger partial charge on any atom is -0.255 e. The third-order valence-electron chi connectivity index (χ3n) is 3.96. The van der Waals surface area contributed by atoms with Gasteiger partial charge < -0.3 is 0 Å². The highest BCUT2D eigenvalue weighted by Crippen LogP contribution is 2.33. The Balaban J connectivity index is 1.73. The van der Waals surface area contributed by atoms with E-state index in [0.29, 0.717) is 0 Å². The van der Waals surface area contributed by atoms with E-state index in [0.717, 1.165) is 27.3 Å². The predicted octanol–water partition coefficient (Wildman–Crippen LogP) is 5.06. The summed E-state index contributed by atoms with van der Waals surface area (Å²) in [6, 6.07) is 20.5. The van der Waals surface area contributed by atoms with Crippen molar-refractivity contribution in [2.75, 3.05) is 0 Å². The van der Waals surface area contributed by atoms with Crippen molar-refractivity contribution in [3.8, 4) is 11.4 Å². The SMILES string of the molecule is c1cnc2ccc(-c3ccc4c(n3)sc3ccccc34)nc2c1. The Morgan fingerprint density at radius 2 is 1.52 bits per heavy atom. The second-order valence-electron chi connectivity index (χ2n) is 5.39. The predicted molar refractivity (Wildman–Crippen MR) is 95.7 cm³/mol. The van der Waals surface area contributed by atoms with Crippen molar-refractivity contribution in [2.45, 2.75) is 0 Å². The Labute approximate surface area is 136 Å². The molecule has 4 heteroatoms. The third kappa shape index (κ3) is 1.99. The summed E-state index contributed by atoms with van der Waals surface area (Å²) >= 11 is 1.72. The van der Waals surface area contributed by atoms with E-state index in [4.69, 9.17) is 4.98 Å². The topological polar surface area (TPSA) is 38.7 Å². The first-order valence-corrected chi connectivity index (χ1v) is 8.21. The van der Waals surface area contributed by atoms with Crippen molar-refractivity contribution in [3.63, 3.8) is 0 Å². The highest BCUT2D eigenvalue weighted by molar-refractivity contribution is 7.25. The molecular formula is C19H11N3S. The molecule has 0 radical (unpaired) electrons. The fourth-order valence-corrected chi connectivity index (χ4v) is 3.92. The maximum absolute atomic E-state index is 4.83. The highest BCUT2D eigenvalue weighted by Gasteiger charge is 2.09. The van der Waals surface area contributed by atoms with Gasteiger partial charge in [0.1, 0.15) is 4.83 Å². The van der Waals surface area contributed by atoms with Gasteiger partial charge in [0.15, 0.2) is 0 Å². The first-order chi connectivity index (χ1) is 11.4. The van der Waals surface area contributed by atoms with Crippen LogP contribution < -0.4 is 0 Å². The van der Waals surface area contributed by atoms with E-state index in [1.54, 1.807) is 17.5 Å². The van der Waals surface area contributed by atoms with Crippen LogP contribution >= 0.6 is 11.3 Å². The summed E-state index contributed by atoms with van der Waals surface area (Å²) in [6.45, 7) is 0. The van der Waals surface area contributed by atoms with E-state index in [-0.39, 0.29) is 0 Å². The Morgan fingerprint density at radius 3 is 2.52 bits per heavy atom. The van der Waals surface area contributed by atoms with Crippen molar-refractivity contribution in [2.24, 2.45) is 0 Å². The van der Waals surface area contributed by atoms with E-state index in [1.165, 1.54) is 15.5 Å². The van der Waals surface area contributed by atoms with Gasteiger partial charge in [0.2, 0.25) is 0 Å². The monoisotopic (exact) mass is 313 g/mol. The van der Waals surface area contributed by atoms with Gasteiger partial charge >= 0.3 is 0 Å². The van der Waals surface area contributed by atoms with Crippen LogP contribution in [-0.2, 0) is 0 Å². The van der Waals surface area contributed by atoms with Crippen molar-refractivity contribution >= 4 is 42.7 Å². The molecule has 4 aromatic heterocycles. The fraction of sp³-hybridized carbons (Fsp3) is 0. The van der Waals surface area contributed by atoms with Crippen molar-refractivity contribution < 1.29 is 0 Å². The van der Waals surface area contributed by atoms with Gasteiger partial charge in [0.05, 0.1) is 22.4 Å². The number of hydrogen-bond acceptors (Lipinski definition) is 4. The van der Waals surface area contributed by atoms with E-state index in [2.05, 4.69) is 40.3 Å². The lowest BCUT2D eigenvalue weighted by Gasteiger charge is -2.02. The minimum atomic E-state index is 0.879. The molecule has 0 saturated carbocycles. The second-order valence-corrected chi connectivity index (χ2v) is 6.42. The summed E-state index contributed by atoms with van der Waals surface area (Å²) < 4.78 is 1.27. The second kappa shape index (κ2) is 4.83. The summed E-state index contributed by atoms with van der Waals surface area (Å²) in [5.41, 5.74) is 3.57.